The van der Waals surface area contributed by atoms with Crippen molar-refractivity contribution in [1.82, 2.24) is 25.5 Å². The minimum Gasteiger partial charge on any atom is -0.496 e. The van der Waals surface area contributed by atoms with Crippen molar-refractivity contribution in [2.24, 2.45) is 0 Å². The average Bonchev–Trinajstić information content (AvgIpc) is 3.27. The summed E-state index contributed by atoms with van der Waals surface area (Å²) in [5.41, 5.74) is 1.85. The maximum absolute atomic E-state index is 12.3. The highest BCUT2D eigenvalue weighted by atomic mass is 16.5. The Morgan fingerprint density at radius 3 is 2.57 bits per heavy atom. The Balaban J connectivity index is 1.55. The lowest BCUT2D eigenvalue weighted by molar-refractivity contribution is -0.129. The molecular weight excluding hydrogens is 362 g/mol. The zero-order valence-electron chi connectivity index (χ0n) is 15.4. The number of ether oxygens (including phenoxy) is 2. The summed E-state index contributed by atoms with van der Waals surface area (Å²) < 4.78 is 12.0. The van der Waals surface area contributed by atoms with Gasteiger partial charge in [-0.05, 0) is 47.7 Å². The summed E-state index contributed by atoms with van der Waals surface area (Å²) in [6.45, 7) is 1.79. The number of esters is 1. The van der Waals surface area contributed by atoms with Crippen LogP contribution in [0.25, 0.3) is 5.69 Å². The van der Waals surface area contributed by atoms with Gasteiger partial charge in [0.2, 0.25) is 0 Å². The minimum atomic E-state index is -0.943. The van der Waals surface area contributed by atoms with Gasteiger partial charge in [-0.25, -0.2) is 9.48 Å². The fourth-order valence-corrected chi connectivity index (χ4v) is 2.49. The van der Waals surface area contributed by atoms with Crippen LogP contribution < -0.4 is 10.1 Å². The van der Waals surface area contributed by atoms with Gasteiger partial charge in [-0.1, -0.05) is 18.2 Å². The van der Waals surface area contributed by atoms with Crippen LogP contribution in [0.2, 0.25) is 0 Å². The number of carbonyl (C=O) groups excluding carboxylic acids is 2. The molecule has 9 heteroatoms. The molecule has 1 aromatic heterocycles. The van der Waals surface area contributed by atoms with Crippen LogP contribution >= 0.6 is 0 Å². The first-order valence-corrected chi connectivity index (χ1v) is 8.52. The van der Waals surface area contributed by atoms with Crippen molar-refractivity contribution in [2.45, 2.75) is 19.6 Å². The fourth-order valence-electron chi connectivity index (χ4n) is 2.49. The van der Waals surface area contributed by atoms with Crippen molar-refractivity contribution in [1.29, 1.82) is 0 Å². The number of para-hydroxylation sites is 1. The Hall–Kier alpha value is -3.75. The first kappa shape index (κ1) is 19.0. The zero-order chi connectivity index (χ0) is 19.9. The predicted octanol–water partition coefficient (Wildman–Crippen LogP) is 1.53. The Morgan fingerprint density at radius 1 is 1.14 bits per heavy atom. The molecule has 28 heavy (non-hydrogen) atoms. The van der Waals surface area contributed by atoms with Gasteiger partial charge in [0.25, 0.3) is 5.91 Å². The molecule has 2 aromatic carbocycles. The minimum absolute atomic E-state index is 0.269. The van der Waals surface area contributed by atoms with Crippen LogP contribution in [0.5, 0.6) is 5.75 Å². The second kappa shape index (κ2) is 8.76. The number of benzene rings is 2. The predicted molar refractivity (Wildman–Crippen MR) is 98.9 cm³/mol. The molecule has 144 valence electrons. The molecule has 0 unspecified atom stereocenters. The lowest BCUT2D eigenvalue weighted by Gasteiger charge is -2.14. The van der Waals surface area contributed by atoms with Gasteiger partial charge in [0.1, 0.15) is 12.1 Å². The van der Waals surface area contributed by atoms with E-state index < -0.39 is 18.0 Å². The van der Waals surface area contributed by atoms with Crippen molar-refractivity contribution in [3.63, 3.8) is 0 Å². The molecule has 0 saturated heterocycles. The summed E-state index contributed by atoms with van der Waals surface area (Å²) in [6.07, 6.45) is 0.503. The molecule has 1 N–H and O–H groups in total. The molecular formula is C19H19N5O4. The summed E-state index contributed by atoms with van der Waals surface area (Å²) in [6, 6.07) is 13.9. The van der Waals surface area contributed by atoms with Crippen molar-refractivity contribution in [2.75, 3.05) is 7.11 Å². The standard InChI is InChI=1S/C19H19N5O4/c1-13(18(25)20-11-15-5-3-4-6-17(15)27-2)28-19(26)14-7-9-16(10-8-14)24-12-21-22-23-24/h3-10,12-13H,11H2,1-2H3,(H,20,25)/t13-/m1/s1. The number of hydrogen-bond acceptors (Lipinski definition) is 7. The van der Waals surface area contributed by atoms with Crippen LogP contribution in [0, 0.1) is 0 Å². The van der Waals surface area contributed by atoms with E-state index in [1.165, 1.54) is 17.9 Å². The van der Waals surface area contributed by atoms with Gasteiger partial charge in [0, 0.05) is 12.1 Å². The molecule has 0 aliphatic carbocycles. The highest BCUT2D eigenvalue weighted by Gasteiger charge is 2.19. The van der Waals surface area contributed by atoms with E-state index in [1.54, 1.807) is 31.4 Å². The van der Waals surface area contributed by atoms with Gasteiger partial charge in [0.15, 0.2) is 6.10 Å². The van der Waals surface area contributed by atoms with E-state index in [1.807, 2.05) is 24.3 Å². The van der Waals surface area contributed by atoms with Gasteiger partial charge >= 0.3 is 5.97 Å². The molecule has 0 spiro atoms. The van der Waals surface area contributed by atoms with Crippen LogP contribution in [0.3, 0.4) is 0 Å². The van der Waals surface area contributed by atoms with Crippen LogP contribution in [-0.2, 0) is 16.1 Å². The summed E-state index contributed by atoms with van der Waals surface area (Å²) in [4.78, 5) is 24.5. The second-order valence-corrected chi connectivity index (χ2v) is 5.88. The summed E-state index contributed by atoms with van der Waals surface area (Å²) in [7, 11) is 1.57. The fraction of sp³-hybridized carbons (Fsp3) is 0.211. The van der Waals surface area contributed by atoms with Gasteiger partial charge in [-0.15, -0.1) is 5.10 Å². The SMILES string of the molecule is COc1ccccc1CNC(=O)[C@@H](C)OC(=O)c1ccc(-n2cnnn2)cc1. The van der Waals surface area contributed by atoms with E-state index in [2.05, 4.69) is 20.8 Å². The maximum Gasteiger partial charge on any atom is 0.338 e. The van der Waals surface area contributed by atoms with Crippen LogP contribution in [0.4, 0.5) is 0 Å². The number of nitrogens with zero attached hydrogens (tertiary/aromatic N) is 4. The number of amides is 1. The number of nitrogens with one attached hydrogen (secondary N) is 1. The van der Waals surface area contributed by atoms with Gasteiger partial charge in [-0.2, -0.15) is 0 Å². The number of hydrogen-bond donors (Lipinski definition) is 1. The Kier molecular flexibility index (Phi) is 5.95. The normalized spacial score (nSPS) is 11.5. The van der Waals surface area contributed by atoms with E-state index in [-0.39, 0.29) is 6.54 Å². The first-order chi connectivity index (χ1) is 13.6. The summed E-state index contributed by atoms with van der Waals surface area (Å²) in [5, 5.41) is 13.6. The van der Waals surface area contributed by atoms with Gasteiger partial charge < -0.3 is 14.8 Å². The third kappa shape index (κ3) is 4.50. The topological polar surface area (TPSA) is 108 Å². The smallest absolute Gasteiger partial charge is 0.338 e. The molecule has 0 bridgehead atoms. The molecule has 1 heterocycles. The molecule has 0 aliphatic heterocycles. The van der Waals surface area contributed by atoms with E-state index >= 15 is 0 Å². The van der Waals surface area contributed by atoms with Crippen molar-refractivity contribution in [3.8, 4) is 11.4 Å². The molecule has 3 rings (SSSR count). The quantitative estimate of drug-likeness (QED) is 0.618. The maximum atomic E-state index is 12.3. The largest absolute Gasteiger partial charge is 0.496 e. The van der Waals surface area contributed by atoms with Gasteiger partial charge in [0.05, 0.1) is 18.4 Å². The van der Waals surface area contributed by atoms with E-state index in [0.717, 1.165) is 5.56 Å². The van der Waals surface area contributed by atoms with Gasteiger partial charge in [-0.3, -0.25) is 4.79 Å². The highest BCUT2D eigenvalue weighted by Crippen LogP contribution is 2.17. The zero-order valence-corrected chi connectivity index (χ0v) is 15.4. The molecule has 1 amide bonds. The van der Waals surface area contributed by atoms with Crippen molar-refractivity contribution < 1.29 is 19.1 Å². The lowest BCUT2D eigenvalue weighted by atomic mass is 10.2. The number of methoxy groups -OCH3 is 1. The monoisotopic (exact) mass is 381 g/mol. The van der Waals surface area contributed by atoms with Crippen molar-refractivity contribution >= 4 is 11.9 Å². The molecule has 0 radical (unpaired) electrons. The third-order valence-corrected chi connectivity index (χ3v) is 4.02. The molecule has 0 fully saturated rings. The van der Waals surface area contributed by atoms with E-state index in [9.17, 15) is 9.59 Å². The van der Waals surface area contributed by atoms with Crippen LogP contribution in [-0.4, -0.2) is 45.3 Å². The van der Waals surface area contributed by atoms with Crippen molar-refractivity contribution in [3.05, 3.63) is 66.0 Å². The van der Waals surface area contributed by atoms with E-state index in [4.69, 9.17) is 9.47 Å². The third-order valence-electron chi connectivity index (χ3n) is 4.02. The average molecular weight is 381 g/mol. The van der Waals surface area contributed by atoms with E-state index in [0.29, 0.717) is 17.0 Å². The second-order valence-electron chi connectivity index (χ2n) is 5.88. The molecule has 1 atom stereocenters. The Bertz CT molecular complexity index is 941. The molecule has 9 nitrogen and oxygen atoms in total. The molecule has 0 saturated carbocycles. The molecule has 0 aliphatic rings. The Morgan fingerprint density at radius 2 is 1.89 bits per heavy atom. The van der Waals surface area contributed by atoms with Crippen LogP contribution in [0.15, 0.2) is 54.9 Å². The summed E-state index contributed by atoms with van der Waals surface area (Å²) in [5.74, 6) is -0.317. The summed E-state index contributed by atoms with van der Waals surface area (Å²) >= 11 is 0. The number of tetrazole rings is 1. The number of carbonyl (C=O) groups is 2. The lowest BCUT2D eigenvalue weighted by Crippen LogP contribution is -2.35. The molecule has 3 aromatic rings. The highest BCUT2D eigenvalue weighted by molar-refractivity contribution is 5.92. The first-order valence-electron chi connectivity index (χ1n) is 8.52. The van der Waals surface area contributed by atoms with Crippen LogP contribution in [0.1, 0.15) is 22.8 Å². The Labute approximate surface area is 161 Å². The number of rotatable bonds is 7. The number of aromatic nitrogens is 4.